The van der Waals surface area contributed by atoms with Crippen molar-refractivity contribution in [1.29, 1.82) is 0 Å². The lowest BCUT2D eigenvalue weighted by molar-refractivity contribution is -0.238. The highest BCUT2D eigenvalue weighted by molar-refractivity contribution is 6.15. The summed E-state index contributed by atoms with van der Waals surface area (Å²) in [5.74, 6) is -2.40. The molecule has 1 saturated heterocycles. The molecule has 0 aromatic heterocycles. The molecule has 0 atom stereocenters. The summed E-state index contributed by atoms with van der Waals surface area (Å²) >= 11 is 0. The average Bonchev–Trinajstić information content (AvgIpc) is 3.30. The normalized spacial score (nSPS) is 12.3. The molecule has 0 radical (unpaired) electrons. The van der Waals surface area contributed by atoms with Gasteiger partial charge in [-0.2, -0.15) is 0 Å². The minimum absolute atomic E-state index is 0.0475. The van der Waals surface area contributed by atoms with E-state index in [0.29, 0.717) is 70.2 Å². The predicted octanol–water partition coefficient (Wildman–Crippen LogP) is 4.78. The zero-order valence-electron chi connectivity index (χ0n) is 39.7. The van der Waals surface area contributed by atoms with Gasteiger partial charge in [-0.05, 0) is 54.2 Å². The van der Waals surface area contributed by atoms with Crippen LogP contribution in [0, 0.1) is 5.92 Å². The first-order valence-electron chi connectivity index (χ1n) is 20.0. The Labute approximate surface area is 384 Å². The summed E-state index contributed by atoms with van der Waals surface area (Å²) in [6.45, 7) is 2.86. The number of aryl methyl sites for hydroxylation is 3. The Kier molecular flexibility index (Phi) is 24.9. The van der Waals surface area contributed by atoms with Crippen molar-refractivity contribution in [3.8, 4) is 51.7 Å². The van der Waals surface area contributed by atoms with Crippen molar-refractivity contribution in [2.75, 3.05) is 78.2 Å². The number of carboxylic acids is 1. The predicted molar refractivity (Wildman–Crippen MR) is 235 cm³/mol. The van der Waals surface area contributed by atoms with Crippen LogP contribution in [0.4, 0.5) is 0 Å². The van der Waals surface area contributed by atoms with Gasteiger partial charge in [-0.3, -0.25) is 28.8 Å². The average molecular weight is 935 g/mol. The summed E-state index contributed by atoms with van der Waals surface area (Å²) in [6, 6.07) is 10.5. The Bertz CT molecular complexity index is 2070. The molecule has 20 nitrogen and oxygen atoms in total. The summed E-state index contributed by atoms with van der Waals surface area (Å²) in [5, 5.41) is 15.7. The Morgan fingerprint density at radius 1 is 0.515 bits per heavy atom. The lowest BCUT2D eigenvalue weighted by atomic mass is 9.96. The molecule has 366 valence electrons. The number of aliphatic hydroxyl groups is 1. The van der Waals surface area contributed by atoms with Crippen LogP contribution in [-0.4, -0.2) is 130 Å². The number of ether oxygens (including phenoxy) is 12. The third-order valence-electron chi connectivity index (χ3n) is 9.33. The molecule has 0 unspecified atom stereocenters. The van der Waals surface area contributed by atoms with Crippen molar-refractivity contribution in [1.82, 2.24) is 0 Å². The fourth-order valence-corrected chi connectivity index (χ4v) is 6.30. The maximum atomic E-state index is 12.4. The first kappa shape index (κ1) is 57.1. The van der Waals surface area contributed by atoms with Crippen LogP contribution in [0.5, 0.6) is 51.7 Å². The second kappa shape index (κ2) is 28.8. The van der Waals surface area contributed by atoms with E-state index in [1.807, 2.05) is 6.07 Å². The lowest BCUT2D eigenvalue weighted by Gasteiger charge is -2.32. The van der Waals surface area contributed by atoms with E-state index in [-0.39, 0.29) is 37.9 Å². The van der Waals surface area contributed by atoms with Gasteiger partial charge in [0, 0.05) is 40.2 Å². The van der Waals surface area contributed by atoms with Gasteiger partial charge in [0.25, 0.3) is 5.79 Å². The van der Waals surface area contributed by atoms with E-state index in [0.717, 1.165) is 18.2 Å². The van der Waals surface area contributed by atoms with Crippen molar-refractivity contribution in [3.63, 3.8) is 0 Å². The summed E-state index contributed by atoms with van der Waals surface area (Å²) in [4.78, 5) is 69.6. The van der Waals surface area contributed by atoms with Gasteiger partial charge in [0.15, 0.2) is 40.3 Å². The Hall–Kier alpha value is -6.96. The fourth-order valence-electron chi connectivity index (χ4n) is 6.30. The highest BCUT2D eigenvalue weighted by Crippen LogP contribution is 2.42. The fraction of sp³-hybridized carbons (Fsp3) is 0.478. The van der Waals surface area contributed by atoms with Crippen LogP contribution in [-0.2, 0) is 62.2 Å². The number of carbonyl (C=O) groups excluding carboxylic acids is 5. The Balaban J connectivity index is 0.000000496. The van der Waals surface area contributed by atoms with Crippen molar-refractivity contribution in [3.05, 3.63) is 53.1 Å². The van der Waals surface area contributed by atoms with Gasteiger partial charge in [0.2, 0.25) is 23.2 Å². The number of cyclic esters (lactones) is 2. The van der Waals surface area contributed by atoms with Crippen LogP contribution >= 0.6 is 0 Å². The number of carbonyl (C=O) groups is 6. The van der Waals surface area contributed by atoms with Gasteiger partial charge < -0.3 is 67.1 Å². The van der Waals surface area contributed by atoms with Crippen molar-refractivity contribution < 1.29 is 95.8 Å². The number of Topliss-reactive ketones (excluding diaryl/α,β-unsaturated/α-hetero) is 2. The topological polar surface area (TPSA) is 254 Å². The molecule has 66 heavy (non-hydrogen) atoms. The molecule has 3 aromatic carbocycles. The van der Waals surface area contributed by atoms with E-state index < -0.39 is 41.4 Å². The smallest absolute Gasteiger partial charge is 0.331 e. The van der Waals surface area contributed by atoms with Crippen LogP contribution in [0.2, 0.25) is 0 Å². The number of rotatable bonds is 21. The van der Waals surface area contributed by atoms with Crippen LogP contribution < -0.4 is 42.6 Å². The maximum absolute atomic E-state index is 12.4. The maximum Gasteiger partial charge on any atom is 0.331 e. The van der Waals surface area contributed by atoms with Crippen LogP contribution in [0.25, 0.3) is 0 Å². The van der Waals surface area contributed by atoms with Crippen LogP contribution in [0.15, 0.2) is 36.4 Å². The number of methoxy groups -OCH3 is 10. The Morgan fingerprint density at radius 3 is 1.15 bits per heavy atom. The van der Waals surface area contributed by atoms with Gasteiger partial charge in [-0.25, -0.2) is 0 Å². The SMILES string of the molecule is CO.COC(=O)CC(=O)CCc1ccc(OC)c(OC)c1OC.COc1ccc(CCC(=O)C2C(=O)OC(C)(C)OC2=O)c(OC)c1OC.COc1ccc(CCC(=O)O)c(OC)c1OC. The van der Waals surface area contributed by atoms with E-state index in [9.17, 15) is 28.8 Å². The quantitative estimate of drug-likeness (QED) is 0.108. The Morgan fingerprint density at radius 2 is 0.848 bits per heavy atom. The molecule has 0 aliphatic carbocycles. The van der Waals surface area contributed by atoms with E-state index in [2.05, 4.69) is 4.74 Å². The molecule has 1 aliphatic rings. The van der Waals surface area contributed by atoms with Crippen molar-refractivity contribution in [2.45, 2.75) is 64.6 Å². The molecule has 0 bridgehead atoms. The molecule has 1 fully saturated rings. The molecule has 0 spiro atoms. The number of hydrogen-bond donors (Lipinski definition) is 2. The summed E-state index contributed by atoms with van der Waals surface area (Å²) in [7, 11) is 15.9. The highest BCUT2D eigenvalue weighted by atomic mass is 16.7. The van der Waals surface area contributed by atoms with Gasteiger partial charge in [0.1, 0.15) is 12.2 Å². The molecule has 0 saturated carbocycles. The minimum atomic E-state index is -1.56. The zero-order chi connectivity index (χ0) is 50.1. The molecular weight excluding hydrogens is 872 g/mol. The third kappa shape index (κ3) is 16.2. The van der Waals surface area contributed by atoms with E-state index in [1.165, 1.54) is 84.9 Å². The number of ketones is 2. The number of carboxylic acid groups (broad SMARTS) is 1. The summed E-state index contributed by atoms with van der Waals surface area (Å²) < 4.78 is 61.7. The summed E-state index contributed by atoms with van der Waals surface area (Å²) in [6.07, 6.45) is 1.06. The van der Waals surface area contributed by atoms with E-state index in [4.69, 9.17) is 62.3 Å². The number of esters is 3. The molecule has 3 aromatic rings. The van der Waals surface area contributed by atoms with Crippen molar-refractivity contribution in [2.24, 2.45) is 5.92 Å². The lowest BCUT2D eigenvalue weighted by Crippen LogP contribution is -2.49. The molecular formula is C46H62O20. The zero-order valence-corrected chi connectivity index (χ0v) is 39.7. The second-order valence-electron chi connectivity index (χ2n) is 13.8. The molecule has 1 heterocycles. The van der Waals surface area contributed by atoms with Gasteiger partial charge in [0.05, 0.1) is 71.1 Å². The van der Waals surface area contributed by atoms with Crippen LogP contribution in [0.3, 0.4) is 0 Å². The first-order chi connectivity index (χ1) is 31.4. The van der Waals surface area contributed by atoms with Crippen molar-refractivity contribution >= 4 is 35.4 Å². The monoisotopic (exact) mass is 934 g/mol. The summed E-state index contributed by atoms with van der Waals surface area (Å²) in [5.41, 5.74) is 2.28. The number of aliphatic hydroxyl groups excluding tert-OH is 1. The first-order valence-corrected chi connectivity index (χ1v) is 20.0. The van der Waals surface area contributed by atoms with Gasteiger partial charge in [-0.1, -0.05) is 18.2 Å². The minimum Gasteiger partial charge on any atom is -0.493 e. The highest BCUT2D eigenvalue weighted by Gasteiger charge is 2.46. The number of hydrogen-bond acceptors (Lipinski definition) is 19. The molecule has 2 N–H and O–H groups in total. The van der Waals surface area contributed by atoms with Gasteiger partial charge >= 0.3 is 23.9 Å². The largest absolute Gasteiger partial charge is 0.493 e. The van der Waals surface area contributed by atoms with E-state index >= 15 is 0 Å². The van der Waals surface area contributed by atoms with Crippen LogP contribution in [0.1, 0.15) is 56.2 Å². The van der Waals surface area contributed by atoms with Gasteiger partial charge in [-0.15, -0.1) is 0 Å². The molecule has 20 heteroatoms. The second-order valence-corrected chi connectivity index (χ2v) is 13.8. The molecule has 1 aliphatic heterocycles. The number of aliphatic carboxylic acids is 1. The standard InChI is InChI=1S/C18H22O8.C15H20O6.C12H16O5.CH4O/c1-18(2)25-16(20)13(17(21)26-18)11(19)8-6-10-7-9-12(22-3)15(24-5)14(10)23-4;1-18-12-8-6-10(14(20-3)15(12)21-4)5-7-11(16)9-13(17)19-2;1-15-9-6-4-8(5-7-10(13)14)11(16-2)12(9)17-3;1-2/h7,9,13H,6,8H2,1-5H3;6,8H,5,7,9H2,1-4H3;4,6H,5,7H2,1-3H3,(H,13,14);2H,1H3. The third-order valence-corrected chi connectivity index (χ3v) is 9.33. The van der Waals surface area contributed by atoms with E-state index in [1.54, 1.807) is 30.3 Å². The molecule has 4 rings (SSSR count). The number of benzene rings is 3. The molecule has 0 amide bonds.